The fourth-order valence-corrected chi connectivity index (χ4v) is 5.30. The first kappa shape index (κ1) is 34.7. The molecule has 12 heteroatoms. The van der Waals surface area contributed by atoms with Gasteiger partial charge in [0.25, 0.3) is 5.91 Å². The third-order valence-electron chi connectivity index (χ3n) is 7.39. The van der Waals surface area contributed by atoms with E-state index in [2.05, 4.69) is 31.5 Å². The van der Waals surface area contributed by atoms with Crippen LogP contribution in [0.25, 0.3) is 6.08 Å². The molecule has 1 aliphatic heterocycles. The Kier molecular flexibility index (Phi) is 11.5. The summed E-state index contributed by atoms with van der Waals surface area (Å²) in [5, 5.41) is 9.05. The first-order chi connectivity index (χ1) is 23.1. The molecule has 250 valence electrons. The standard InChI is InChI=1S/C36H33BrF3N3O5/c37-29-15-11-27(12-16-29)32-35(21-4-8-25-6-2-1-3-7-25,42-33(47-32)28-13-19-30(20-14-28)46-23-5-22-44)34(45)43-41-24-26-9-17-31(18-10-26)48-36(38,39)40/h1-4,6-20,32,41,44H,5,21-24H2,(H,43,45)/b8-4+/t32-,35-/m0/s1. The minimum Gasteiger partial charge on any atom is -0.494 e. The number of aliphatic imine (C=N–C) groups is 1. The lowest BCUT2D eigenvalue weighted by Crippen LogP contribution is -2.52. The number of hydrogen-bond donors (Lipinski definition) is 3. The molecule has 5 rings (SSSR count). The number of rotatable bonds is 14. The average Bonchev–Trinajstić information content (AvgIpc) is 3.47. The van der Waals surface area contributed by atoms with Gasteiger partial charge in [-0.3, -0.25) is 10.2 Å². The van der Waals surface area contributed by atoms with E-state index in [1.807, 2.05) is 66.7 Å². The van der Waals surface area contributed by atoms with E-state index in [9.17, 15) is 18.0 Å². The van der Waals surface area contributed by atoms with Crippen LogP contribution in [0.15, 0.2) is 119 Å². The van der Waals surface area contributed by atoms with Gasteiger partial charge >= 0.3 is 6.36 Å². The number of carbonyl (C=O) groups is 1. The number of nitrogens with zero attached hydrogens (tertiary/aromatic N) is 1. The zero-order valence-corrected chi connectivity index (χ0v) is 27.2. The molecule has 0 fully saturated rings. The summed E-state index contributed by atoms with van der Waals surface area (Å²) in [6, 6.07) is 29.6. The Morgan fingerprint density at radius 1 is 0.958 bits per heavy atom. The van der Waals surface area contributed by atoms with Gasteiger partial charge in [-0.1, -0.05) is 82.7 Å². The van der Waals surface area contributed by atoms with Crippen LogP contribution >= 0.6 is 15.9 Å². The average molecular weight is 725 g/mol. The molecule has 4 aromatic carbocycles. The quantitative estimate of drug-likeness (QED) is 0.0934. The van der Waals surface area contributed by atoms with Crippen molar-refractivity contribution in [1.82, 2.24) is 10.9 Å². The van der Waals surface area contributed by atoms with Crippen molar-refractivity contribution in [2.24, 2.45) is 4.99 Å². The molecule has 1 heterocycles. The van der Waals surface area contributed by atoms with Crippen molar-refractivity contribution in [2.45, 2.75) is 37.4 Å². The van der Waals surface area contributed by atoms with Gasteiger partial charge in [0, 0.05) is 36.0 Å². The fraction of sp³-hybridized carbons (Fsp3) is 0.222. The van der Waals surface area contributed by atoms with Gasteiger partial charge < -0.3 is 19.3 Å². The lowest BCUT2D eigenvalue weighted by Gasteiger charge is -2.30. The Balaban J connectivity index is 1.43. The van der Waals surface area contributed by atoms with E-state index in [0.29, 0.717) is 29.9 Å². The van der Waals surface area contributed by atoms with Gasteiger partial charge in [0.05, 0.1) is 6.61 Å². The predicted molar refractivity (Wildman–Crippen MR) is 179 cm³/mol. The number of ether oxygens (including phenoxy) is 3. The van der Waals surface area contributed by atoms with Gasteiger partial charge in [-0.25, -0.2) is 10.4 Å². The van der Waals surface area contributed by atoms with Crippen molar-refractivity contribution >= 4 is 33.8 Å². The molecule has 48 heavy (non-hydrogen) atoms. The molecule has 0 saturated carbocycles. The maximum atomic E-state index is 14.2. The molecule has 0 spiro atoms. The van der Waals surface area contributed by atoms with Gasteiger partial charge in [-0.05, 0) is 65.2 Å². The van der Waals surface area contributed by atoms with Gasteiger partial charge in [0.2, 0.25) is 5.90 Å². The van der Waals surface area contributed by atoms with E-state index in [0.717, 1.165) is 15.6 Å². The minimum atomic E-state index is -4.79. The molecule has 0 radical (unpaired) electrons. The molecule has 3 N–H and O–H groups in total. The van der Waals surface area contributed by atoms with Crippen molar-refractivity contribution in [3.8, 4) is 11.5 Å². The molecule has 0 aromatic heterocycles. The normalized spacial score (nSPS) is 17.5. The lowest BCUT2D eigenvalue weighted by molar-refractivity contribution is -0.274. The summed E-state index contributed by atoms with van der Waals surface area (Å²) in [5.74, 6) is 0.0798. The van der Waals surface area contributed by atoms with Crippen molar-refractivity contribution in [3.63, 3.8) is 0 Å². The van der Waals surface area contributed by atoms with Crippen molar-refractivity contribution < 1.29 is 37.3 Å². The summed E-state index contributed by atoms with van der Waals surface area (Å²) in [6.45, 7) is 0.516. The molecule has 0 saturated heterocycles. The summed E-state index contributed by atoms with van der Waals surface area (Å²) in [7, 11) is 0. The summed E-state index contributed by atoms with van der Waals surface area (Å²) in [4.78, 5) is 19.2. The largest absolute Gasteiger partial charge is 0.573 e. The van der Waals surface area contributed by atoms with Crippen LogP contribution in [0.3, 0.4) is 0 Å². The van der Waals surface area contributed by atoms with Gasteiger partial charge in [-0.2, -0.15) is 0 Å². The van der Waals surface area contributed by atoms with E-state index in [1.54, 1.807) is 24.3 Å². The zero-order valence-electron chi connectivity index (χ0n) is 25.6. The number of aliphatic hydroxyl groups is 1. The van der Waals surface area contributed by atoms with Crippen LogP contribution in [0.2, 0.25) is 0 Å². The number of benzene rings is 4. The Hall–Kier alpha value is -4.65. The first-order valence-corrected chi connectivity index (χ1v) is 15.9. The first-order valence-electron chi connectivity index (χ1n) is 15.1. The molecule has 4 aromatic rings. The second kappa shape index (κ2) is 16.0. The second-order valence-electron chi connectivity index (χ2n) is 10.9. The van der Waals surface area contributed by atoms with E-state index in [1.165, 1.54) is 24.3 Å². The number of hydrogen-bond acceptors (Lipinski definition) is 7. The van der Waals surface area contributed by atoms with Gasteiger partial charge in [0.1, 0.15) is 11.5 Å². The summed E-state index contributed by atoms with van der Waals surface area (Å²) in [5.41, 5.74) is 7.13. The molecular formula is C36H33BrF3N3O5. The molecule has 0 bridgehead atoms. The third kappa shape index (κ3) is 9.24. The number of nitrogens with one attached hydrogen (secondary N) is 2. The van der Waals surface area contributed by atoms with Crippen LogP contribution in [0.5, 0.6) is 11.5 Å². The van der Waals surface area contributed by atoms with Crippen LogP contribution in [0, 0.1) is 0 Å². The van der Waals surface area contributed by atoms with Crippen LogP contribution < -0.4 is 20.3 Å². The number of amides is 1. The minimum absolute atomic E-state index is 0.0289. The Bertz CT molecular complexity index is 1700. The monoisotopic (exact) mass is 723 g/mol. The molecule has 1 aliphatic rings. The van der Waals surface area contributed by atoms with E-state index in [4.69, 9.17) is 19.6 Å². The van der Waals surface area contributed by atoms with E-state index < -0.39 is 23.9 Å². The Morgan fingerprint density at radius 2 is 1.65 bits per heavy atom. The van der Waals surface area contributed by atoms with Gasteiger partial charge in [-0.15, -0.1) is 13.2 Å². The van der Waals surface area contributed by atoms with Crippen LogP contribution in [-0.4, -0.2) is 42.0 Å². The second-order valence-corrected chi connectivity index (χ2v) is 11.8. The van der Waals surface area contributed by atoms with Crippen molar-refractivity contribution in [2.75, 3.05) is 13.2 Å². The third-order valence-corrected chi connectivity index (χ3v) is 7.92. The maximum absolute atomic E-state index is 14.2. The number of aliphatic hydroxyl groups excluding tert-OH is 1. The number of alkyl halides is 3. The molecular weight excluding hydrogens is 691 g/mol. The lowest BCUT2D eigenvalue weighted by atomic mass is 9.84. The summed E-state index contributed by atoms with van der Waals surface area (Å²) < 4.78 is 54.7. The molecule has 2 atom stereocenters. The Labute approximate surface area is 284 Å². The SMILES string of the molecule is O=C(NNCc1ccc(OC(F)(F)F)cc1)[C@@]1(C/C=C/c2ccccc2)N=C(c2ccc(OCCCO)cc2)O[C@H]1c1ccc(Br)cc1. The van der Waals surface area contributed by atoms with Crippen LogP contribution in [0.4, 0.5) is 13.2 Å². The van der Waals surface area contributed by atoms with E-state index in [-0.39, 0.29) is 31.2 Å². The van der Waals surface area contributed by atoms with E-state index >= 15 is 0 Å². The van der Waals surface area contributed by atoms with Gasteiger partial charge in [0.15, 0.2) is 11.6 Å². The highest BCUT2D eigenvalue weighted by Crippen LogP contribution is 2.43. The maximum Gasteiger partial charge on any atom is 0.573 e. The van der Waals surface area contributed by atoms with Crippen LogP contribution in [0.1, 0.15) is 41.2 Å². The molecule has 1 amide bonds. The van der Waals surface area contributed by atoms with Crippen molar-refractivity contribution in [3.05, 3.63) is 136 Å². The topological polar surface area (TPSA) is 101 Å². The highest BCUT2D eigenvalue weighted by Gasteiger charge is 2.52. The highest BCUT2D eigenvalue weighted by molar-refractivity contribution is 9.10. The fourth-order valence-electron chi connectivity index (χ4n) is 5.04. The molecule has 0 aliphatic carbocycles. The predicted octanol–water partition coefficient (Wildman–Crippen LogP) is 7.29. The molecule has 8 nitrogen and oxygen atoms in total. The summed E-state index contributed by atoms with van der Waals surface area (Å²) in [6.07, 6.45) is -1.13. The van der Waals surface area contributed by atoms with Crippen molar-refractivity contribution in [1.29, 1.82) is 0 Å². The smallest absolute Gasteiger partial charge is 0.494 e. The number of halogens is 4. The summed E-state index contributed by atoms with van der Waals surface area (Å²) >= 11 is 3.47. The Morgan fingerprint density at radius 3 is 2.31 bits per heavy atom. The highest BCUT2D eigenvalue weighted by atomic mass is 79.9. The van der Waals surface area contributed by atoms with Crippen LogP contribution in [-0.2, 0) is 16.1 Å². The zero-order chi connectivity index (χ0) is 34.0. The molecule has 0 unspecified atom stereocenters. The number of hydrazine groups is 1. The number of carbonyl (C=O) groups excluding carboxylic acids is 1.